The number of thiazole rings is 1. The summed E-state index contributed by atoms with van der Waals surface area (Å²) in [5.41, 5.74) is 0.529. The van der Waals surface area contributed by atoms with Crippen LogP contribution in [0.1, 0.15) is 20.9 Å². The van der Waals surface area contributed by atoms with Crippen molar-refractivity contribution in [1.29, 1.82) is 0 Å². The summed E-state index contributed by atoms with van der Waals surface area (Å²) in [6, 6.07) is 4.11. The molecule has 0 aliphatic rings. The van der Waals surface area contributed by atoms with E-state index in [0.29, 0.717) is 10.6 Å². The lowest BCUT2D eigenvalue weighted by Gasteiger charge is -2.06. The summed E-state index contributed by atoms with van der Waals surface area (Å²) in [6.07, 6.45) is 1.54. The van der Waals surface area contributed by atoms with E-state index in [-0.39, 0.29) is 16.2 Å². The van der Waals surface area contributed by atoms with Gasteiger partial charge in [-0.05, 0) is 24.6 Å². The lowest BCUT2D eigenvalue weighted by Crippen LogP contribution is -2.08. The average Bonchev–Trinajstić information content (AvgIpc) is 2.80. The molecule has 0 saturated heterocycles. The Morgan fingerprint density at radius 2 is 2.16 bits per heavy atom. The summed E-state index contributed by atoms with van der Waals surface area (Å²) in [7, 11) is -3.57. The molecule has 1 heterocycles. The van der Waals surface area contributed by atoms with Crippen molar-refractivity contribution < 1.29 is 18.3 Å². The number of rotatable bonds is 4. The summed E-state index contributed by atoms with van der Waals surface area (Å²) < 4.78 is 24.3. The Hall–Kier alpha value is -1.73. The molecule has 1 aromatic carbocycles. The van der Waals surface area contributed by atoms with Gasteiger partial charge in [0.15, 0.2) is 9.84 Å². The molecular formula is C12H11NO4S2. The molecule has 0 spiro atoms. The molecule has 0 atom stereocenters. The molecule has 1 N–H and O–H groups in total. The molecule has 0 aliphatic carbocycles. The largest absolute Gasteiger partial charge is 0.478 e. The average molecular weight is 297 g/mol. The molecule has 0 fully saturated rings. The van der Waals surface area contributed by atoms with Crippen molar-refractivity contribution in [1.82, 2.24) is 4.98 Å². The maximum atomic E-state index is 12.2. The molecule has 19 heavy (non-hydrogen) atoms. The van der Waals surface area contributed by atoms with Gasteiger partial charge < -0.3 is 5.11 Å². The number of benzene rings is 1. The first-order chi connectivity index (χ1) is 8.90. The third-order valence-electron chi connectivity index (χ3n) is 2.60. The number of hydrogen-bond donors (Lipinski definition) is 1. The first-order valence-electron chi connectivity index (χ1n) is 5.35. The third-order valence-corrected chi connectivity index (χ3v) is 5.18. The quantitative estimate of drug-likeness (QED) is 0.934. The van der Waals surface area contributed by atoms with Crippen molar-refractivity contribution in [3.63, 3.8) is 0 Å². The van der Waals surface area contributed by atoms with E-state index in [1.54, 1.807) is 12.3 Å². The van der Waals surface area contributed by atoms with Crippen molar-refractivity contribution in [2.24, 2.45) is 0 Å². The molecule has 0 aliphatic heterocycles. The van der Waals surface area contributed by atoms with E-state index in [2.05, 4.69) is 4.98 Å². The second-order valence-electron chi connectivity index (χ2n) is 3.97. The normalized spacial score (nSPS) is 11.4. The second kappa shape index (κ2) is 5.10. The van der Waals surface area contributed by atoms with Crippen LogP contribution in [0.15, 0.2) is 34.7 Å². The zero-order chi connectivity index (χ0) is 14.0. The van der Waals surface area contributed by atoms with Gasteiger partial charge in [-0.1, -0.05) is 6.07 Å². The van der Waals surface area contributed by atoms with E-state index in [1.807, 2.05) is 0 Å². The fourth-order valence-electron chi connectivity index (χ4n) is 1.60. The predicted octanol–water partition coefficient (Wildman–Crippen LogP) is 2.12. The Kier molecular flexibility index (Phi) is 3.68. The minimum Gasteiger partial charge on any atom is -0.478 e. The van der Waals surface area contributed by atoms with E-state index in [4.69, 9.17) is 5.11 Å². The molecule has 100 valence electrons. The first kappa shape index (κ1) is 13.7. The molecule has 0 saturated carbocycles. The number of hydrogen-bond acceptors (Lipinski definition) is 5. The van der Waals surface area contributed by atoms with Crippen LogP contribution in [0.3, 0.4) is 0 Å². The van der Waals surface area contributed by atoms with Crippen LogP contribution in [0.25, 0.3) is 0 Å². The van der Waals surface area contributed by atoms with Gasteiger partial charge in [-0.15, -0.1) is 11.3 Å². The van der Waals surface area contributed by atoms with Crippen LogP contribution in [-0.2, 0) is 15.6 Å². The number of carboxylic acid groups (broad SMARTS) is 1. The minimum absolute atomic E-state index is 0.000198. The van der Waals surface area contributed by atoms with Gasteiger partial charge in [0.25, 0.3) is 0 Å². The van der Waals surface area contributed by atoms with Gasteiger partial charge in [-0.2, -0.15) is 0 Å². The highest BCUT2D eigenvalue weighted by atomic mass is 32.2. The molecule has 0 radical (unpaired) electrons. The lowest BCUT2D eigenvalue weighted by molar-refractivity contribution is 0.0696. The topological polar surface area (TPSA) is 84.3 Å². The van der Waals surface area contributed by atoms with Gasteiger partial charge in [0, 0.05) is 11.6 Å². The Morgan fingerprint density at radius 3 is 2.74 bits per heavy atom. The Labute approximate surface area is 114 Å². The molecule has 1 aromatic heterocycles. The Balaban J connectivity index is 2.41. The predicted molar refractivity (Wildman–Crippen MR) is 71.1 cm³/mol. The van der Waals surface area contributed by atoms with Crippen molar-refractivity contribution in [2.45, 2.75) is 17.6 Å². The van der Waals surface area contributed by atoms with Gasteiger partial charge in [0.2, 0.25) is 0 Å². The van der Waals surface area contributed by atoms with Crippen LogP contribution in [0.4, 0.5) is 0 Å². The van der Waals surface area contributed by atoms with Gasteiger partial charge in [0.05, 0.1) is 10.5 Å². The monoisotopic (exact) mass is 297 g/mol. The number of aromatic carboxylic acids is 1. The SMILES string of the molecule is Cc1ccc(S(=O)(=O)Cc2nccs2)cc1C(=O)O. The van der Waals surface area contributed by atoms with Crippen LogP contribution in [0.5, 0.6) is 0 Å². The molecule has 2 aromatic rings. The maximum Gasteiger partial charge on any atom is 0.335 e. The van der Waals surface area contributed by atoms with Gasteiger partial charge in [-0.3, -0.25) is 0 Å². The highest BCUT2D eigenvalue weighted by molar-refractivity contribution is 7.90. The number of carbonyl (C=O) groups is 1. The molecule has 0 bridgehead atoms. The summed E-state index contributed by atoms with van der Waals surface area (Å²) >= 11 is 1.25. The van der Waals surface area contributed by atoms with Gasteiger partial charge in [0.1, 0.15) is 10.8 Å². The molecule has 5 nitrogen and oxygen atoms in total. The molecule has 2 rings (SSSR count). The molecular weight excluding hydrogens is 286 g/mol. The fraction of sp³-hybridized carbons (Fsp3) is 0.167. The summed E-state index contributed by atoms with van der Waals surface area (Å²) in [4.78, 5) is 14.9. The van der Waals surface area contributed by atoms with Crippen LogP contribution >= 0.6 is 11.3 Å². The standard InChI is InChI=1S/C12H11NO4S2/c1-8-2-3-9(6-10(8)12(14)15)19(16,17)7-11-13-4-5-18-11/h2-6H,7H2,1H3,(H,14,15). The molecule has 0 unspecified atom stereocenters. The van der Waals surface area contributed by atoms with Crippen molar-refractivity contribution in [2.75, 3.05) is 0 Å². The number of carboxylic acids is 1. The number of sulfone groups is 1. The lowest BCUT2D eigenvalue weighted by atomic mass is 10.1. The van der Waals surface area contributed by atoms with Crippen molar-refractivity contribution in [3.05, 3.63) is 45.9 Å². The van der Waals surface area contributed by atoms with E-state index in [1.165, 1.54) is 35.7 Å². The zero-order valence-electron chi connectivity index (χ0n) is 10.0. The molecule has 7 heteroatoms. The fourth-order valence-corrected chi connectivity index (χ4v) is 3.87. The third kappa shape index (κ3) is 2.99. The number of aryl methyl sites for hydroxylation is 1. The van der Waals surface area contributed by atoms with Crippen molar-refractivity contribution >= 4 is 27.1 Å². The second-order valence-corrected chi connectivity index (χ2v) is 6.94. The van der Waals surface area contributed by atoms with Gasteiger partial charge >= 0.3 is 5.97 Å². The van der Waals surface area contributed by atoms with E-state index >= 15 is 0 Å². The van der Waals surface area contributed by atoms with Crippen molar-refractivity contribution in [3.8, 4) is 0 Å². The highest BCUT2D eigenvalue weighted by Gasteiger charge is 2.19. The smallest absolute Gasteiger partial charge is 0.335 e. The van der Waals surface area contributed by atoms with Crippen LogP contribution in [0.2, 0.25) is 0 Å². The van der Waals surface area contributed by atoms with E-state index in [9.17, 15) is 13.2 Å². The van der Waals surface area contributed by atoms with E-state index in [0.717, 1.165) is 0 Å². The number of nitrogens with zero attached hydrogens (tertiary/aromatic N) is 1. The zero-order valence-corrected chi connectivity index (χ0v) is 11.7. The Morgan fingerprint density at radius 1 is 1.42 bits per heavy atom. The summed E-state index contributed by atoms with van der Waals surface area (Å²) in [5, 5.41) is 11.2. The summed E-state index contributed by atoms with van der Waals surface area (Å²) in [5.74, 6) is -1.35. The summed E-state index contributed by atoms with van der Waals surface area (Å²) in [6.45, 7) is 1.63. The highest BCUT2D eigenvalue weighted by Crippen LogP contribution is 2.20. The molecule has 0 amide bonds. The number of aromatic nitrogens is 1. The minimum atomic E-state index is -3.57. The first-order valence-corrected chi connectivity index (χ1v) is 7.88. The Bertz CT molecular complexity index is 705. The van der Waals surface area contributed by atoms with Crippen LogP contribution < -0.4 is 0 Å². The van der Waals surface area contributed by atoms with Crippen LogP contribution in [0, 0.1) is 6.92 Å². The van der Waals surface area contributed by atoms with Crippen LogP contribution in [-0.4, -0.2) is 24.5 Å². The van der Waals surface area contributed by atoms with Gasteiger partial charge in [-0.25, -0.2) is 18.2 Å². The van der Waals surface area contributed by atoms with E-state index < -0.39 is 15.8 Å². The maximum absolute atomic E-state index is 12.2.